The first-order chi connectivity index (χ1) is 22.2. The van der Waals surface area contributed by atoms with Gasteiger partial charge in [0.15, 0.2) is 0 Å². The molecule has 48 heavy (non-hydrogen) atoms. The van der Waals surface area contributed by atoms with Crippen LogP contribution in [0, 0.1) is 0 Å². The zero-order valence-corrected chi connectivity index (χ0v) is 30.3. The van der Waals surface area contributed by atoms with Gasteiger partial charge in [-0.3, -0.25) is 0 Å². The molecule has 0 aliphatic carbocycles. The summed E-state index contributed by atoms with van der Waals surface area (Å²) < 4.78 is 75.6. The Labute approximate surface area is 293 Å². The van der Waals surface area contributed by atoms with E-state index >= 15 is 0 Å². The van der Waals surface area contributed by atoms with Crippen molar-refractivity contribution in [3.63, 3.8) is 0 Å². The van der Waals surface area contributed by atoms with Crippen molar-refractivity contribution < 1.29 is 50.6 Å². The van der Waals surface area contributed by atoms with Crippen LogP contribution >= 0.6 is 0 Å². The molecular formula is C41H38F6Zr. The molecule has 6 rings (SSSR count). The van der Waals surface area contributed by atoms with Gasteiger partial charge in [-0.05, 0) is 10.8 Å². The zero-order chi connectivity index (χ0) is 35.5. The Hall–Kier alpha value is -3.57. The fourth-order valence-corrected chi connectivity index (χ4v) is 5.89. The SMILES string of the molecule is CC(C)(C)c1ccc2[cH-]c3ccc(C(C)(C)C)cc3c2c1.FC(F)(F)c1ccc([C](=[Zr+2])c2ccc(C(F)(F)F)cc2)cc1.c1cc[cH-]c1. The summed E-state index contributed by atoms with van der Waals surface area (Å²) in [5.74, 6) is 0. The summed E-state index contributed by atoms with van der Waals surface area (Å²) >= 11 is 0.898. The molecule has 7 heteroatoms. The first kappa shape index (κ1) is 37.3. The van der Waals surface area contributed by atoms with Crippen LogP contribution in [0.25, 0.3) is 21.5 Å². The Morgan fingerprint density at radius 2 is 0.833 bits per heavy atom. The van der Waals surface area contributed by atoms with Gasteiger partial charge in [-0.1, -0.05) is 76.9 Å². The van der Waals surface area contributed by atoms with Crippen molar-refractivity contribution in [2.45, 2.75) is 64.7 Å². The third-order valence-electron chi connectivity index (χ3n) is 8.00. The van der Waals surface area contributed by atoms with Gasteiger partial charge < -0.3 is 0 Å². The van der Waals surface area contributed by atoms with Gasteiger partial charge in [0.1, 0.15) is 0 Å². The average molecular weight is 736 g/mol. The monoisotopic (exact) mass is 734 g/mol. The number of hydrogen-bond acceptors (Lipinski definition) is 0. The first-order valence-electron chi connectivity index (χ1n) is 15.5. The van der Waals surface area contributed by atoms with E-state index in [1.165, 1.54) is 56.9 Å². The van der Waals surface area contributed by atoms with E-state index in [1.54, 1.807) is 0 Å². The van der Waals surface area contributed by atoms with Gasteiger partial charge in [0.05, 0.1) is 0 Å². The normalized spacial score (nSPS) is 12.3. The molecule has 0 spiro atoms. The Morgan fingerprint density at radius 3 is 1.10 bits per heavy atom. The summed E-state index contributed by atoms with van der Waals surface area (Å²) in [5.41, 5.74) is 2.81. The van der Waals surface area contributed by atoms with Gasteiger partial charge in [0.2, 0.25) is 0 Å². The summed E-state index contributed by atoms with van der Waals surface area (Å²) in [6.45, 7) is 13.7. The van der Waals surface area contributed by atoms with Gasteiger partial charge >= 0.3 is 137 Å². The molecule has 0 fully saturated rings. The molecular weight excluding hydrogens is 698 g/mol. The summed E-state index contributed by atoms with van der Waals surface area (Å²) in [7, 11) is 0. The molecule has 6 aromatic rings. The molecule has 0 saturated heterocycles. The van der Waals surface area contributed by atoms with Crippen LogP contribution in [0.5, 0.6) is 0 Å². The summed E-state index contributed by atoms with van der Waals surface area (Å²) in [4.78, 5) is 0. The standard InChI is InChI=1S/C21H25.C15H8F6.C5H5.Zr/c1-20(2,3)16-9-7-14-11-15-8-10-17(21(4,5)6)13-19(15)18(14)12-16;16-14(17,18)12-5-1-10(2-6-12)9-11-3-7-13(8-4-11)15(19,20)21;1-2-4-5-3-1;/h7-13H,1-6H3;1-8H;1-5H;/q-1;;-1;+2. The molecule has 0 unspecified atom stereocenters. The van der Waals surface area contributed by atoms with E-state index in [4.69, 9.17) is 0 Å². The van der Waals surface area contributed by atoms with Crippen molar-refractivity contribution in [1.82, 2.24) is 0 Å². The number of benzene rings is 4. The summed E-state index contributed by atoms with van der Waals surface area (Å²) in [6.07, 6.45) is -8.82. The third kappa shape index (κ3) is 9.53. The van der Waals surface area contributed by atoms with Gasteiger partial charge in [-0.15, -0.1) is 39.7 Å². The molecule has 0 aromatic heterocycles. The fourth-order valence-electron chi connectivity index (χ4n) is 5.07. The van der Waals surface area contributed by atoms with Crippen LogP contribution in [0.2, 0.25) is 0 Å². The molecule has 0 atom stereocenters. The molecule has 6 aromatic carbocycles. The van der Waals surface area contributed by atoms with Crippen LogP contribution < -0.4 is 0 Å². The second-order valence-electron chi connectivity index (χ2n) is 13.7. The molecule has 248 valence electrons. The fraction of sp³-hybridized carbons (Fsp3) is 0.244. The van der Waals surface area contributed by atoms with E-state index in [0.717, 1.165) is 48.5 Å². The molecule has 0 heterocycles. The first-order valence-corrected chi connectivity index (χ1v) is 16.7. The Morgan fingerprint density at radius 1 is 0.500 bits per heavy atom. The van der Waals surface area contributed by atoms with Gasteiger partial charge in [-0.2, -0.15) is 18.2 Å². The van der Waals surface area contributed by atoms with E-state index in [0.29, 0.717) is 14.3 Å². The smallest absolute Gasteiger partial charge is 0.172 e. The molecule has 0 bridgehead atoms. The summed E-state index contributed by atoms with van der Waals surface area (Å²) in [5, 5.41) is 5.49. The quantitative estimate of drug-likeness (QED) is 0.123. The van der Waals surface area contributed by atoms with Crippen molar-refractivity contribution in [1.29, 1.82) is 0 Å². The van der Waals surface area contributed by atoms with Gasteiger partial charge in [0.25, 0.3) is 0 Å². The van der Waals surface area contributed by atoms with E-state index in [9.17, 15) is 26.3 Å². The van der Waals surface area contributed by atoms with Gasteiger partial charge in [0, 0.05) is 0 Å². The second-order valence-corrected chi connectivity index (χ2v) is 15.0. The van der Waals surface area contributed by atoms with E-state index < -0.39 is 23.5 Å². The number of hydrogen-bond donors (Lipinski definition) is 0. The van der Waals surface area contributed by atoms with Crippen molar-refractivity contribution in [2.75, 3.05) is 0 Å². The average Bonchev–Trinajstić information content (AvgIpc) is 3.71. The Kier molecular flexibility index (Phi) is 11.3. The van der Waals surface area contributed by atoms with Crippen molar-refractivity contribution in [3.05, 3.63) is 155 Å². The Balaban J connectivity index is 0.000000189. The van der Waals surface area contributed by atoms with Crippen LogP contribution in [0.4, 0.5) is 26.3 Å². The van der Waals surface area contributed by atoms with Crippen molar-refractivity contribution in [3.8, 4) is 0 Å². The minimum absolute atomic E-state index is 0.194. The molecule has 0 aliphatic rings. The maximum Gasteiger partial charge on any atom is -0.172 e. The molecule has 0 amide bonds. The van der Waals surface area contributed by atoms with Crippen molar-refractivity contribution in [2.24, 2.45) is 0 Å². The minimum atomic E-state index is -4.41. The van der Waals surface area contributed by atoms with Crippen LogP contribution in [-0.4, -0.2) is 3.21 Å². The van der Waals surface area contributed by atoms with Crippen LogP contribution in [0.3, 0.4) is 0 Å². The van der Waals surface area contributed by atoms with E-state index in [2.05, 4.69) is 84.0 Å². The molecule has 0 nitrogen and oxygen atoms in total. The predicted molar refractivity (Wildman–Crippen MR) is 183 cm³/mol. The Bertz CT molecular complexity index is 1800. The van der Waals surface area contributed by atoms with Crippen LogP contribution in [0.15, 0.2) is 121 Å². The van der Waals surface area contributed by atoms with Crippen LogP contribution in [-0.2, 0) is 47.4 Å². The largest absolute Gasteiger partial charge is 0.214 e. The second kappa shape index (κ2) is 14.5. The number of fused-ring (bicyclic) bond motifs is 3. The summed E-state index contributed by atoms with van der Waals surface area (Å²) in [6, 6.07) is 35.3. The minimum Gasteiger partial charge on any atom is -0.214 e. The predicted octanol–water partition coefficient (Wildman–Crippen LogP) is 12.6. The molecule has 0 N–H and O–H groups in total. The van der Waals surface area contributed by atoms with Crippen LogP contribution in [0.1, 0.15) is 74.9 Å². The maximum atomic E-state index is 12.5. The molecule has 0 radical (unpaired) electrons. The number of rotatable bonds is 2. The zero-order valence-electron chi connectivity index (χ0n) is 27.8. The molecule has 0 aliphatic heterocycles. The molecule has 0 saturated carbocycles. The number of halogens is 6. The maximum absolute atomic E-state index is 12.5. The topological polar surface area (TPSA) is 0 Å². The van der Waals surface area contributed by atoms with E-state index in [-0.39, 0.29) is 10.8 Å². The van der Waals surface area contributed by atoms with E-state index in [1.807, 2.05) is 30.3 Å². The number of alkyl halides is 6. The van der Waals surface area contributed by atoms with Gasteiger partial charge in [-0.25, -0.2) is 12.1 Å². The third-order valence-corrected chi connectivity index (χ3v) is 9.42. The van der Waals surface area contributed by atoms with Crippen molar-refractivity contribution >= 4 is 24.8 Å².